The number of nitrogens with zero attached hydrogens (tertiary/aromatic N) is 1. The molecule has 128 valence electrons. The molecule has 0 unspecified atom stereocenters. The maximum atomic E-state index is 12.3. The Morgan fingerprint density at radius 1 is 1.04 bits per heavy atom. The van der Waals surface area contributed by atoms with Gasteiger partial charge in [-0.1, -0.05) is 29.8 Å². The number of carbonyl (C=O) groups excluding carboxylic acids is 2. The highest BCUT2D eigenvalue weighted by atomic mass is 16.2. The van der Waals surface area contributed by atoms with Gasteiger partial charge in [-0.25, -0.2) is 0 Å². The van der Waals surface area contributed by atoms with Crippen LogP contribution in [0.2, 0.25) is 0 Å². The van der Waals surface area contributed by atoms with Crippen molar-refractivity contribution in [2.75, 3.05) is 16.8 Å². The first kappa shape index (κ1) is 15.9. The second kappa shape index (κ2) is 6.03. The van der Waals surface area contributed by atoms with Gasteiger partial charge in [-0.3, -0.25) is 9.59 Å². The van der Waals surface area contributed by atoms with Crippen molar-refractivity contribution in [3.8, 4) is 0 Å². The molecule has 0 spiro atoms. The fourth-order valence-electron chi connectivity index (χ4n) is 3.95. The summed E-state index contributed by atoms with van der Waals surface area (Å²) >= 11 is 0. The van der Waals surface area contributed by atoms with Gasteiger partial charge < -0.3 is 10.2 Å². The first-order chi connectivity index (χ1) is 12.0. The lowest BCUT2D eigenvalue weighted by Crippen LogP contribution is -2.26. The molecule has 2 aromatic carbocycles. The molecule has 2 aromatic rings. The lowest BCUT2D eigenvalue weighted by atomic mass is 9.82. The molecule has 2 aliphatic rings. The maximum Gasteiger partial charge on any atom is 0.227 e. The number of carbonyl (C=O) groups is 2. The third-order valence-corrected chi connectivity index (χ3v) is 5.27. The summed E-state index contributed by atoms with van der Waals surface area (Å²) in [7, 11) is 0. The van der Waals surface area contributed by atoms with Crippen LogP contribution in [0.5, 0.6) is 0 Å². The molecule has 4 nitrogen and oxygen atoms in total. The van der Waals surface area contributed by atoms with E-state index in [0.29, 0.717) is 12.8 Å². The van der Waals surface area contributed by atoms with E-state index in [4.69, 9.17) is 0 Å². The molecule has 4 heteroatoms. The molecular weight excluding hydrogens is 312 g/mol. The molecule has 0 radical (unpaired) electrons. The fourth-order valence-corrected chi connectivity index (χ4v) is 3.95. The van der Waals surface area contributed by atoms with Crippen LogP contribution in [0.4, 0.5) is 11.4 Å². The molecule has 0 aliphatic carbocycles. The van der Waals surface area contributed by atoms with Crippen molar-refractivity contribution < 1.29 is 9.59 Å². The molecule has 0 aromatic heterocycles. The topological polar surface area (TPSA) is 49.4 Å². The number of aryl methyl sites for hydroxylation is 2. The highest BCUT2D eigenvalue weighted by Crippen LogP contribution is 2.40. The molecule has 1 saturated heterocycles. The molecule has 1 N–H and O–H groups in total. The number of hydrogen-bond donors (Lipinski definition) is 1. The number of rotatable bonds is 2. The zero-order chi connectivity index (χ0) is 17.6. The van der Waals surface area contributed by atoms with Gasteiger partial charge >= 0.3 is 0 Å². The summed E-state index contributed by atoms with van der Waals surface area (Å²) in [6.07, 6.45) is 1.96. The van der Waals surface area contributed by atoms with Crippen LogP contribution in [0.3, 0.4) is 0 Å². The van der Waals surface area contributed by atoms with Crippen molar-refractivity contribution >= 4 is 23.2 Å². The Kier molecular flexibility index (Phi) is 3.83. The number of hydrogen-bond acceptors (Lipinski definition) is 2. The van der Waals surface area contributed by atoms with Crippen LogP contribution in [-0.4, -0.2) is 18.4 Å². The van der Waals surface area contributed by atoms with Crippen molar-refractivity contribution in [3.05, 3.63) is 58.7 Å². The molecule has 1 fully saturated rings. The summed E-state index contributed by atoms with van der Waals surface area (Å²) in [5.41, 5.74) is 6.45. The molecule has 0 saturated carbocycles. The standard InChI is InChI=1S/C21H22N2O2/c1-13-5-6-14(2)17(10-13)18-12-20(24)22-19-11-15(7-8-16(18)19)23-9-3-4-21(23)25/h5-8,10-11,18H,3-4,9,12H2,1-2H3,(H,22,24)/t18-/m1/s1. The van der Waals surface area contributed by atoms with Gasteiger partial charge in [-0.15, -0.1) is 0 Å². The number of amides is 2. The predicted octanol–water partition coefficient (Wildman–Crippen LogP) is 3.90. The summed E-state index contributed by atoms with van der Waals surface area (Å²) in [4.78, 5) is 26.1. The average Bonchev–Trinajstić information content (AvgIpc) is 3.02. The average molecular weight is 334 g/mol. The molecule has 2 heterocycles. The van der Waals surface area contributed by atoms with Crippen molar-refractivity contribution in [2.45, 2.75) is 39.0 Å². The Labute approximate surface area is 147 Å². The largest absolute Gasteiger partial charge is 0.326 e. The third-order valence-electron chi connectivity index (χ3n) is 5.27. The van der Waals surface area contributed by atoms with Crippen molar-refractivity contribution in [1.29, 1.82) is 0 Å². The van der Waals surface area contributed by atoms with E-state index < -0.39 is 0 Å². The van der Waals surface area contributed by atoms with E-state index in [2.05, 4.69) is 43.4 Å². The van der Waals surface area contributed by atoms with E-state index in [1.807, 2.05) is 17.0 Å². The van der Waals surface area contributed by atoms with E-state index in [1.165, 1.54) is 16.7 Å². The van der Waals surface area contributed by atoms with Gasteiger partial charge in [0.15, 0.2) is 0 Å². The van der Waals surface area contributed by atoms with Gasteiger partial charge in [-0.05, 0) is 49.1 Å². The highest BCUT2D eigenvalue weighted by molar-refractivity contribution is 5.99. The van der Waals surface area contributed by atoms with Gasteiger partial charge in [0.25, 0.3) is 0 Å². The molecule has 1 atom stereocenters. The van der Waals surface area contributed by atoms with Crippen molar-refractivity contribution in [3.63, 3.8) is 0 Å². The van der Waals surface area contributed by atoms with Gasteiger partial charge in [0.2, 0.25) is 11.8 Å². The van der Waals surface area contributed by atoms with E-state index in [9.17, 15) is 9.59 Å². The van der Waals surface area contributed by atoms with Crippen LogP contribution >= 0.6 is 0 Å². The van der Waals surface area contributed by atoms with Crippen LogP contribution in [0.25, 0.3) is 0 Å². The van der Waals surface area contributed by atoms with Crippen molar-refractivity contribution in [2.24, 2.45) is 0 Å². The second-order valence-electron chi connectivity index (χ2n) is 7.09. The summed E-state index contributed by atoms with van der Waals surface area (Å²) in [5.74, 6) is 0.253. The number of benzene rings is 2. The summed E-state index contributed by atoms with van der Waals surface area (Å²) < 4.78 is 0. The smallest absolute Gasteiger partial charge is 0.227 e. The Balaban J connectivity index is 1.77. The quantitative estimate of drug-likeness (QED) is 0.905. The molecule has 2 amide bonds. The number of fused-ring (bicyclic) bond motifs is 1. The monoisotopic (exact) mass is 334 g/mol. The summed E-state index contributed by atoms with van der Waals surface area (Å²) in [5, 5.41) is 3.00. The number of nitrogens with one attached hydrogen (secondary N) is 1. The first-order valence-corrected chi connectivity index (χ1v) is 8.84. The van der Waals surface area contributed by atoms with E-state index in [-0.39, 0.29) is 17.7 Å². The minimum Gasteiger partial charge on any atom is -0.326 e. The lowest BCUT2D eigenvalue weighted by Gasteiger charge is -2.29. The Morgan fingerprint density at radius 3 is 2.64 bits per heavy atom. The molecule has 4 rings (SSSR count). The van der Waals surface area contributed by atoms with E-state index in [1.54, 1.807) is 0 Å². The first-order valence-electron chi connectivity index (χ1n) is 8.84. The highest BCUT2D eigenvalue weighted by Gasteiger charge is 2.29. The normalized spacial score (nSPS) is 19.8. The summed E-state index contributed by atoms with van der Waals surface area (Å²) in [6, 6.07) is 12.4. The zero-order valence-electron chi connectivity index (χ0n) is 14.6. The second-order valence-corrected chi connectivity index (χ2v) is 7.09. The molecule has 0 bridgehead atoms. The van der Waals surface area contributed by atoms with Crippen LogP contribution in [0.15, 0.2) is 36.4 Å². The van der Waals surface area contributed by atoms with Crippen molar-refractivity contribution in [1.82, 2.24) is 0 Å². The predicted molar refractivity (Wildman–Crippen MR) is 99.0 cm³/mol. The van der Waals surface area contributed by atoms with Crippen LogP contribution in [0, 0.1) is 13.8 Å². The summed E-state index contributed by atoms with van der Waals surface area (Å²) in [6.45, 7) is 4.93. The van der Waals surface area contributed by atoms with Gasteiger partial charge in [0, 0.05) is 36.7 Å². The van der Waals surface area contributed by atoms with E-state index >= 15 is 0 Å². The van der Waals surface area contributed by atoms with Gasteiger partial charge in [0.1, 0.15) is 0 Å². The lowest BCUT2D eigenvalue weighted by molar-refractivity contribution is -0.117. The molecular formula is C21H22N2O2. The maximum absolute atomic E-state index is 12.3. The van der Waals surface area contributed by atoms with Crippen LogP contribution in [-0.2, 0) is 9.59 Å². The fraction of sp³-hybridized carbons (Fsp3) is 0.333. The van der Waals surface area contributed by atoms with Crippen LogP contribution < -0.4 is 10.2 Å². The van der Waals surface area contributed by atoms with Crippen LogP contribution in [0.1, 0.15) is 47.4 Å². The third kappa shape index (κ3) is 2.82. The Bertz CT molecular complexity index is 872. The molecule has 25 heavy (non-hydrogen) atoms. The number of anilines is 2. The zero-order valence-corrected chi connectivity index (χ0v) is 14.6. The van der Waals surface area contributed by atoms with Gasteiger partial charge in [0.05, 0.1) is 0 Å². The Hall–Kier alpha value is -2.62. The molecule has 2 aliphatic heterocycles. The minimum atomic E-state index is 0.0308. The minimum absolute atomic E-state index is 0.0308. The van der Waals surface area contributed by atoms with Gasteiger partial charge in [-0.2, -0.15) is 0 Å². The Morgan fingerprint density at radius 2 is 1.88 bits per heavy atom. The SMILES string of the molecule is Cc1ccc(C)c([C@@H]2CC(=O)Nc3cc(N4CCCC4=O)ccc32)c1. The van der Waals surface area contributed by atoms with E-state index in [0.717, 1.165) is 29.9 Å².